The maximum atomic E-state index is 13.2. The molecule has 0 aliphatic carbocycles. The summed E-state index contributed by atoms with van der Waals surface area (Å²) in [6.45, 7) is 8.14. The molecule has 0 saturated heterocycles. The number of anilines is 2. The topological polar surface area (TPSA) is 69.9 Å². The quantitative estimate of drug-likeness (QED) is 0.470. The van der Waals surface area contributed by atoms with Crippen molar-refractivity contribution in [1.82, 2.24) is 9.88 Å². The average Bonchev–Trinajstić information content (AvgIpc) is 3.34. The van der Waals surface area contributed by atoms with Crippen molar-refractivity contribution in [2.75, 3.05) is 29.9 Å². The number of carbonyl (C=O) groups is 2. The summed E-state index contributed by atoms with van der Waals surface area (Å²) in [5.74, 6) is -0.366. The van der Waals surface area contributed by atoms with E-state index in [-0.39, 0.29) is 11.8 Å². The third-order valence-electron chi connectivity index (χ3n) is 6.46. The van der Waals surface area contributed by atoms with Crippen LogP contribution in [0.1, 0.15) is 37.5 Å². The average molecular weight is 461 g/mol. The number of fused-ring (bicyclic) bond motifs is 1. The Balaban J connectivity index is 1.62. The van der Waals surface area contributed by atoms with Gasteiger partial charge in [0.05, 0.1) is 23.9 Å². The van der Waals surface area contributed by atoms with Crippen molar-refractivity contribution in [3.05, 3.63) is 78.0 Å². The smallest absolute Gasteiger partial charge is 0.242 e. The summed E-state index contributed by atoms with van der Waals surface area (Å²) in [5, 5.41) is 0. The second-order valence-electron chi connectivity index (χ2n) is 9.32. The predicted molar refractivity (Wildman–Crippen MR) is 132 cm³/mol. The van der Waals surface area contributed by atoms with E-state index in [9.17, 15) is 9.59 Å². The van der Waals surface area contributed by atoms with Crippen molar-refractivity contribution < 1.29 is 14.0 Å². The normalized spacial score (nSPS) is 15.6. The van der Waals surface area contributed by atoms with Gasteiger partial charge in [-0.25, -0.2) is 0 Å². The number of hydrogen-bond donors (Lipinski definition) is 0. The van der Waals surface area contributed by atoms with Crippen LogP contribution in [0.4, 0.5) is 11.4 Å². The summed E-state index contributed by atoms with van der Waals surface area (Å²) in [4.78, 5) is 36.2. The number of aromatic nitrogens is 1. The van der Waals surface area contributed by atoms with Crippen molar-refractivity contribution >= 4 is 23.2 Å². The molecule has 4 rings (SSSR count). The highest BCUT2D eigenvalue weighted by molar-refractivity contribution is 6.19. The van der Waals surface area contributed by atoms with Gasteiger partial charge >= 0.3 is 0 Å². The van der Waals surface area contributed by atoms with E-state index in [1.807, 2.05) is 37.4 Å². The first-order valence-electron chi connectivity index (χ1n) is 11.7. The molecule has 0 atom stereocenters. The van der Waals surface area contributed by atoms with Crippen LogP contribution in [-0.2, 0) is 29.1 Å². The van der Waals surface area contributed by atoms with Crippen LogP contribution in [-0.4, -0.2) is 41.8 Å². The molecule has 0 fully saturated rings. The number of rotatable bonds is 8. The summed E-state index contributed by atoms with van der Waals surface area (Å²) in [6, 6.07) is 12.1. The van der Waals surface area contributed by atoms with Crippen molar-refractivity contribution in [3.63, 3.8) is 0 Å². The van der Waals surface area contributed by atoms with Crippen LogP contribution in [0.5, 0.6) is 0 Å². The number of furan rings is 1. The van der Waals surface area contributed by atoms with Gasteiger partial charge in [-0.2, -0.15) is 0 Å². The van der Waals surface area contributed by atoms with Gasteiger partial charge in [-0.1, -0.05) is 12.1 Å². The summed E-state index contributed by atoms with van der Waals surface area (Å²) in [6.07, 6.45) is 8.02. The Morgan fingerprint density at radius 2 is 1.79 bits per heavy atom. The lowest BCUT2D eigenvalue weighted by atomic mass is 9.90. The molecule has 1 aromatic carbocycles. The molecule has 0 N–H and O–H groups in total. The van der Waals surface area contributed by atoms with E-state index in [0.717, 1.165) is 42.0 Å². The van der Waals surface area contributed by atoms with E-state index in [0.29, 0.717) is 13.1 Å². The highest BCUT2D eigenvalue weighted by atomic mass is 16.3. The molecule has 2 amide bonds. The van der Waals surface area contributed by atoms with E-state index in [1.54, 1.807) is 49.4 Å². The van der Waals surface area contributed by atoms with Gasteiger partial charge in [0.1, 0.15) is 5.41 Å². The largest absolute Gasteiger partial charge is 0.472 e. The molecule has 7 heteroatoms. The SMILES string of the molecule is CCN1C(=O)C(C)(C)C(=O)N(C)c2cc(CN(CCc3cccnc3)Cc3ccoc3)ccc21. The van der Waals surface area contributed by atoms with E-state index < -0.39 is 5.41 Å². The van der Waals surface area contributed by atoms with Crippen LogP contribution >= 0.6 is 0 Å². The second-order valence-corrected chi connectivity index (χ2v) is 9.32. The van der Waals surface area contributed by atoms with Crippen LogP contribution in [0.3, 0.4) is 0 Å². The number of benzene rings is 1. The molecule has 1 aliphatic rings. The molecule has 1 aliphatic heterocycles. The molecule has 7 nitrogen and oxygen atoms in total. The van der Waals surface area contributed by atoms with Crippen molar-refractivity contribution in [1.29, 1.82) is 0 Å². The minimum Gasteiger partial charge on any atom is -0.472 e. The molecule has 178 valence electrons. The molecule has 3 aromatic rings. The first-order chi connectivity index (χ1) is 16.3. The number of hydrogen-bond acceptors (Lipinski definition) is 5. The van der Waals surface area contributed by atoms with Gasteiger partial charge in [-0.3, -0.25) is 19.5 Å². The third-order valence-corrected chi connectivity index (χ3v) is 6.46. The molecule has 3 heterocycles. The van der Waals surface area contributed by atoms with Crippen molar-refractivity contribution in [3.8, 4) is 0 Å². The first-order valence-corrected chi connectivity index (χ1v) is 11.7. The highest BCUT2D eigenvalue weighted by Crippen LogP contribution is 2.39. The zero-order valence-electron chi connectivity index (χ0n) is 20.3. The van der Waals surface area contributed by atoms with E-state index in [1.165, 1.54) is 5.56 Å². The Morgan fingerprint density at radius 1 is 1.00 bits per heavy atom. The fraction of sp³-hybridized carbons (Fsp3) is 0.370. The standard InChI is InChI=1S/C27H32N4O3/c1-5-31-23-9-8-21(15-24(23)29(4)25(32)27(2,3)26(31)33)17-30(18-22-11-14-34-19-22)13-10-20-7-6-12-28-16-20/h6-9,11-12,14-16,19H,5,10,13,17-18H2,1-4H3. The van der Waals surface area contributed by atoms with E-state index in [4.69, 9.17) is 4.42 Å². The third kappa shape index (κ3) is 4.75. The van der Waals surface area contributed by atoms with Crippen LogP contribution in [0.25, 0.3) is 0 Å². The second kappa shape index (κ2) is 9.81. The predicted octanol–water partition coefficient (Wildman–Crippen LogP) is 4.28. The van der Waals surface area contributed by atoms with Gasteiger partial charge in [-0.05, 0) is 62.6 Å². The lowest BCUT2D eigenvalue weighted by Crippen LogP contribution is -2.47. The van der Waals surface area contributed by atoms with Gasteiger partial charge in [0.25, 0.3) is 0 Å². The lowest BCUT2D eigenvalue weighted by Gasteiger charge is -2.27. The minimum atomic E-state index is -1.11. The summed E-state index contributed by atoms with van der Waals surface area (Å²) in [5.41, 5.74) is 3.80. The van der Waals surface area contributed by atoms with Gasteiger partial charge in [0, 0.05) is 51.2 Å². The summed E-state index contributed by atoms with van der Waals surface area (Å²) < 4.78 is 5.28. The summed E-state index contributed by atoms with van der Waals surface area (Å²) in [7, 11) is 1.75. The van der Waals surface area contributed by atoms with Gasteiger partial charge in [0.15, 0.2) is 0 Å². The molecule has 0 unspecified atom stereocenters. The zero-order valence-corrected chi connectivity index (χ0v) is 20.3. The first kappa shape index (κ1) is 23.7. The van der Waals surface area contributed by atoms with Crippen molar-refractivity contribution in [2.24, 2.45) is 5.41 Å². The molecule has 34 heavy (non-hydrogen) atoms. The zero-order chi connectivity index (χ0) is 24.3. The Kier molecular flexibility index (Phi) is 6.84. The van der Waals surface area contributed by atoms with Gasteiger partial charge in [-0.15, -0.1) is 0 Å². The monoisotopic (exact) mass is 460 g/mol. The van der Waals surface area contributed by atoms with Gasteiger partial charge in [0.2, 0.25) is 11.8 Å². The molecular weight excluding hydrogens is 428 g/mol. The maximum Gasteiger partial charge on any atom is 0.242 e. The molecule has 0 spiro atoms. The summed E-state index contributed by atoms with van der Waals surface area (Å²) >= 11 is 0. The van der Waals surface area contributed by atoms with Crippen LogP contribution in [0.15, 0.2) is 65.7 Å². The molecule has 0 saturated carbocycles. The fourth-order valence-electron chi connectivity index (χ4n) is 4.49. The Hall–Kier alpha value is -3.45. The van der Waals surface area contributed by atoms with Crippen LogP contribution in [0.2, 0.25) is 0 Å². The highest BCUT2D eigenvalue weighted by Gasteiger charge is 2.45. The number of amides is 2. The minimum absolute atomic E-state index is 0.170. The van der Waals surface area contributed by atoms with Gasteiger partial charge < -0.3 is 14.2 Å². The number of carbonyl (C=O) groups excluding carboxylic acids is 2. The molecule has 2 aromatic heterocycles. The van der Waals surface area contributed by atoms with E-state index in [2.05, 4.69) is 22.0 Å². The van der Waals surface area contributed by atoms with E-state index >= 15 is 0 Å². The Morgan fingerprint density at radius 3 is 2.47 bits per heavy atom. The number of nitrogens with zero attached hydrogens (tertiary/aromatic N) is 4. The molecular formula is C27H32N4O3. The molecule has 0 bridgehead atoms. The van der Waals surface area contributed by atoms with Crippen LogP contribution in [0, 0.1) is 5.41 Å². The lowest BCUT2D eigenvalue weighted by molar-refractivity contribution is -0.137. The number of pyridine rings is 1. The van der Waals surface area contributed by atoms with Crippen LogP contribution < -0.4 is 9.80 Å². The maximum absolute atomic E-state index is 13.2. The molecule has 0 radical (unpaired) electrons. The Labute approximate surface area is 201 Å². The van der Waals surface area contributed by atoms with Crippen molar-refractivity contribution in [2.45, 2.75) is 40.3 Å². The fourth-order valence-corrected chi connectivity index (χ4v) is 4.49. The Bertz CT molecular complexity index is 1140.